The summed E-state index contributed by atoms with van der Waals surface area (Å²) in [6.07, 6.45) is 5.20. The molecule has 140 valence electrons. The number of halogens is 1. The molecule has 2 saturated heterocycles. The van der Waals surface area contributed by atoms with Gasteiger partial charge in [0.25, 0.3) is 5.91 Å². The van der Waals surface area contributed by atoms with Crippen molar-refractivity contribution in [3.8, 4) is 5.75 Å². The van der Waals surface area contributed by atoms with Gasteiger partial charge in [0, 0.05) is 26.2 Å². The molecule has 3 aliphatic rings. The maximum Gasteiger partial charge on any atom is 0.260 e. The average molecular weight is 377 g/mol. The number of hydrogen-bond donors (Lipinski definition) is 0. The smallest absolute Gasteiger partial charge is 0.260 e. The van der Waals surface area contributed by atoms with Crippen molar-refractivity contribution in [2.75, 3.05) is 32.8 Å². The number of amides is 2. The summed E-state index contributed by atoms with van der Waals surface area (Å²) in [4.78, 5) is 29.4. The van der Waals surface area contributed by atoms with Crippen molar-refractivity contribution in [3.63, 3.8) is 0 Å². The van der Waals surface area contributed by atoms with Crippen molar-refractivity contribution in [2.24, 2.45) is 11.3 Å². The Balaban J connectivity index is 1.35. The fraction of sp³-hybridized carbons (Fsp3) is 0.600. The molecule has 1 aliphatic carbocycles. The van der Waals surface area contributed by atoms with Crippen molar-refractivity contribution < 1.29 is 14.3 Å². The minimum atomic E-state index is -0.368. The Morgan fingerprint density at radius 2 is 2.04 bits per heavy atom. The zero-order valence-electron chi connectivity index (χ0n) is 15.0. The molecule has 4 rings (SSSR count). The van der Waals surface area contributed by atoms with Crippen LogP contribution in [0.3, 0.4) is 0 Å². The SMILES string of the molecule is O=C(COc1ccccc1Cl)N1CC[C@]2(CCCN(CC3CC3)C2=O)C1. The molecule has 2 heterocycles. The van der Waals surface area contributed by atoms with Crippen LogP contribution in [0.2, 0.25) is 5.02 Å². The number of carbonyl (C=O) groups excluding carboxylic acids is 2. The number of carbonyl (C=O) groups is 2. The number of nitrogens with zero attached hydrogens (tertiary/aromatic N) is 2. The lowest BCUT2D eigenvalue weighted by atomic mass is 9.78. The Morgan fingerprint density at radius 3 is 2.81 bits per heavy atom. The predicted octanol–water partition coefficient (Wildman–Crippen LogP) is 2.97. The third-order valence-corrected chi connectivity index (χ3v) is 6.21. The first-order valence-electron chi connectivity index (χ1n) is 9.52. The van der Waals surface area contributed by atoms with Crippen LogP contribution in [0.25, 0.3) is 0 Å². The van der Waals surface area contributed by atoms with Crippen LogP contribution in [0.4, 0.5) is 0 Å². The van der Waals surface area contributed by atoms with Gasteiger partial charge in [0.15, 0.2) is 6.61 Å². The van der Waals surface area contributed by atoms with E-state index in [1.165, 1.54) is 12.8 Å². The van der Waals surface area contributed by atoms with Crippen LogP contribution in [0.5, 0.6) is 5.75 Å². The lowest BCUT2D eigenvalue weighted by Crippen LogP contribution is -2.51. The van der Waals surface area contributed by atoms with Gasteiger partial charge in [0.1, 0.15) is 5.75 Å². The normalized spacial score (nSPS) is 25.8. The zero-order valence-corrected chi connectivity index (χ0v) is 15.7. The Morgan fingerprint density at radius 1 is 1.23 bits per heavy atom. The van der Waals surface area contributed by atoms with Crippen LogP contribution < -0.4 is 4.74 Å². The average Bonchev–Trinajstić information content (AvgIpc) is 3.36. The van der Waals surface area contributed by atoms with Gasteiger partial charge in [0.05, 0.1) is 10.4 Å². The Bertz CT molecular complexity index is 706. The summed E-state index contributed by atoms with van der Waals surface area (Å²) in [5, 5.41) is 0.497. The second-order valence-electron chi connectivity index (χ2n) is 7.86. The molecule has 1 aromatic carbocycles. The molecule has 1 aromatic rings. The van der Waals surface area contributed by atoms with Gasteiger partial charge in [-0.25, -0.2) is 0 Å². The summed E-state index contributed by atoms with van der Waals surface area (Å²) < 4.78 is 5.58. The summed E-state index contributed by atoms with van der Waals surface area (Å²) in [5.41, 5.74) is -0.368. The van der Waals surface area contributed by atoms with Crippen LogP contribution >= 0.6 is 11.6 Å². The highest BCUT2D eigenvalue weighted by Crippen LogP contribution is 2.41. The van der Waals surface area contributed by atoms with Gasteiger partial charge in [0.2, 0.25) is 5.91 Å². The summed E-state index contributed by atoms with van der Waals surface area (Å²) >= 11 is 6.07. The lowest BCUT2D eigenvalue weighted by molar-refractivity contribution is -0.146. The maximum absolute atomic E-state index is 13.0. The van der Waals surface area contributed by atoms with Crippen LogP contribution in [0.1, 0.15) is 32.1 Å². The number of ether oxygens (including phenoxy) is 1. The molecule has 2 aliphatic heterocycles. The van der Waals surface area contributed by atoms with Gasteiger partial charge in [-0.2, -0.15) is 0 Å². The molecule has 1 saturated carbocycles. The van der Waals surface area contributed by atoms with Crippen molar-refractivity contribution in [1.82, 2.24) is 9.80 Å². The van der Waals surface area contributed by atoms with Gasteiger partial charge >= 0.3 is 0 Å². The molecule has 0 N–H and O–H groups in total. The highest BCUT2D eigenvalue weighted by atomic mass is 35.5. The molecule has 3 fully saturated rings. The largest absolute Gasteiger partial charge is 0.482 e. The molecule has 1 spiro atoms. The van der Waals surface area contributed by atoms with Crippen molar-refractivity contribution in [2.45, 2.75) is 32.1 Å². The van der Waals surface area contributed by atoms with E-state index in [-0.39, 0.29) is 23.8 Å². The number of rotatable bonds is 5. The van der Waals surface area contributed by atoms with Crippen LogP contribution in [-0.2, 0) is 9.59 Å². The Hall–Kier alpha value is -1.75. The number of hydrogen-bond acceptors (Lipinski definition) is 3. The second kappa shape index (κ2) is 7.10. The van der Waals surface area contributed by atoms with E-state index in [4.69, 9.17) is 16.3 Å². The van der Waals surface area contributed by atoms with Crippen molar-refractivity contribution >= 4 is 23.4 Å². The van der Waals surface area contributed by atoms with Gasteiger partial charge in [-0.05, 0) is 50.2 Å². The molecule has 0 aromatic heterocycles. The number of likely N-dealkylation sites (tertiary alicyclic amines) is 2. The molecule has 0 bridgehead atoms. The Labute approximate surface area is 159 Å². The highest BCUT2D eigenvalue weighted by Gasteiger charge is 2.49. The minimum absolute atomic E-state index is 0.0419. The van der Waals surface area contributed by atoms with Gasteiger partial charge in [-0.15, -0.1) is 0 Å². The number of para-hydroxylation sites is 1. The van der Waals surface area contributed by atoms with Gasteiger partial charge < -0.3 is 14.5 Å². The highest BCUT2D eigenvalue weighted by molar-refractivity contribution is 6.32. The summed E-state index contributed by atoms with van der Waals surface area (Å²) in [6.45, 7) is 2.90. The first-order valence-corrected chi connectivity index (χ1v) is 9.90. The molecule has 5 nitrogen and oxygen atoms in total. The van der Waals surface area contributed by atoms with Crippen molar-refractivity contribution in [3.05, 3.63) is 29.3 Å². The van der Waals surface area contributed by atoms with Gasteiger partial charge in [-0.3, -0.25) is 9.59 Å². The van der Waals surface area contributed by atoms with E-state index in [0.717, 1.165) is 32.4 Å². The molecule has 0 unspecified atom stereocenters. The third kappa shape index (κ3) is 3.54. The lowest BCUT2D eigenvalue weighted by Gasteiger charge is -2.39. The van der Waals surface area contributed by atoms with E-state index in [1.54, 1.807) is 17.0 Å². The number of benzene rings is 1. The maximum atomic E-state index is 13.0. The first-order chi connectivity index (χ1) is 12.6. The third-order valence-electron chi connectivity index (χ3n) is 5.89. The molecular weight excluding hydrogens is 352 g/mol. The standard InChI is InChI=1S/C20H25ClN2O3/c21-16-4-1-2-5-17(16)26-13-18(24)23-11-9-20(14-23)8-3-10-22(19(20)25)12-15-6-7-15/h1-2,4-5,15H,3,6-14H2/t20-/m1/s1. The molecule has 2 amide bonds. The summed E-state index contributed by atoms with van der Waals surface area (Å²) in [5.74, 6) is 1.41. The van der Waals surface area contributed by atoms with Crippen molar-refractivity contribution in [1.29, 1.82) is 0 Å². The monoisotopic (exact) mass is 376 g/mol. The van der Waals surface area contributed by atoms with Crippen LogP contribution in [0, 0.1) is 11.3 Å². The first kappa shape index (κ1) is 17.7. The van der Waals surface area contributed by atoms with Gasteiger partial charge in [-0.1, -0.05) is 23.7 Å². The quantitative estimate of drug-likeness (QED) is 0.793. The van der Waals surface area contributed by atoms with E-state index in [0.29, 0.717) is 29.8 Å². The van der Waals surface area contributed by atoms with E-state index >= 15 is 0 Å². The molecule has 26 heavy (non-hydrogen) atoms. The zero-order chi connectivity index (χ0) is 18.1. The van der Waals surface area contributed by atoms with E-state index < -0.39 is 0 Å². The second-order valence-corrected chi connectivity index (χ2v) is 8.27. The topological polar surface area (TPSA) is 49.9 Å². The minimum Gasteiger partial charge on any atom is -0.482 e. The summed E-state index contributed by atoms with van der Waals surface area (Å²) in [7, 11) is 0. The molecular formula is C20H25ClN2O3. The predicted molar refractivity (Wildman–Crippen MR) is 99.1 cm³/mol. The fourth-order valence-corrected chi connectivity index (χ4v) is 4.39. The van der Waals surface area contributed by atoms with E-state index in [1.807, 2.05) is 12.1 Å². The molecule has 0 radical (unpaired) electrons. The summed E-state index contributed by atoms with van der Waals surface area (Å²) in [6, 6.07) is 7.14. The van der Waals surface area contributed by atoms with E-state index in [9.17, 15) is 9.59 Å². The molecule has 1 atom stereocenters. The van der Waals surface area contributed by atoms with E-state index in [2.05, 4.69) is 4.90 Å². The molecule has 6 heteroatoms. The van der Waals surface area contributed by atoms with Crippen LogP contribution in [-0.4, -0.2) is 54.4 Å². The fourth-order valence-electron chi connectivity index (χ4n) is 4.19. The Kier molecular flexibility index (Phi) is 4.82. The number of piperidine rings is 1. The van der Waals surface area contributed by atoms with Crippen LogP contribution in [0.15, 0.2) is 24.3 Å².